The van der Waals surface area contributed by atoms with Crippen molar-refractivity contribution in [3.05, 3.63) is 30.3 Å². The van der Waals surface area contributed by atoms with Gasteiger partial charge >= 0.3 is 0 Å². The van der Waals surface area contributed by atoms with Gasteiger partial charge in [0, 0.05) is 6.54 Å². The number of carbonyl (C=O) groups is 1. The van der Waals surface area contributed by atoms with Crippen LogP contribution in [0, 0.1) is 17.2 Å². The highest BCUT2D eigenvalue weighted by atomic mass is 16.5. The van der Waals surface area contributed by atoms with Crippen LogP contribution in [0.4, 0.5) is 0 Å². The highest BCUT2D eigenvalue weighted by Crippen LogP contribution is 2.07. The summed E-state index contributed by atoms with van der Waals surface area (Å²) in [5.74, 6) is 0.00136. The molecule has 4 heteroatoms. The van der Waals surface area contributed by atoms with Crippen LogP contribution in [0.15, 0.2) is 30.3 Å². The Kier molecular flexibility index (Phi) is 5.59. The van der Waals surface area contributed by atoms with Crippen molar-refractivity contribution >= 4 is 5.91 Å². The number of ether oxygens (including phenoxy) is 1. The number of benzene rings is 1. The zero-order valence-corrected chi connectivity index (χ0v) is 9.85. The van der Waals surface area contributed by atoms with Crippen LogP contribution in [-0.4, -0.2) is 19.1 Å². The molecule has 1 atom stereocenters. The molecule has 0 bridgehead atoms. The molecule has 0 radical (unpaired) electrons. The van der Waals surface area contributed by atoms with E-state index in [1.54, 1.807) is 6.92 Å². The Labute approximate surface area is 101 Å². The highest BCUT2D eigenvalue weighted by Gasteiger charge is 2.09. The fourth-order valence-corrected chi connectivity index (χ4v) is 1.20. The minimum Gasteiger partial charge on any atom is -0.494 e. The molecule has 0 saturated heterocycles. The second-order valence-corrected chi connectivity index (χ2v) is 3.66. The minimum atomic E-state index is -0.593. The smallest absolute Gasteiger partial charge is 0.237 e. The van der Waals surface area contributed by atoms with Crippen molar-refractivity contribution in [2.75, 3.05) is 13.2 Å². The number of nitriles is 1. The molecule has 4 nitrogen and oxygen atoms in total. The van der Waals surface area contributed by atoms with Crippen LogP contribution in [0.1, 0.15) is 13.3 Å². The first-order chi connectivity index (χ1) is 8.24. The van der Waals surface area contributed by atoms with Crippen LogP contribution < -0.4 is 10.1 Å². The molecule has 1 N–H and O–H groups in total. The molecule has 17 heavy (non-hydrogen) atoms. The Morgan fingerprint density at radius 3 is 2.82 bits per heavy atom. The van der Waals surface area contributed by atoms with Crippen molar-refractivity contribution in [1.82, 2.24) is 5.32 Å². The quantitative estimate of drug-likeness (QED) is 0.760. The maximum atomic E-state index is 11.2. The van der Waals surface area contributed by atoms with E-state index in [1.165, 1.54) is 0 Å². The molecule has 1 aromatic carbocycles. The van der Waals surface area contributed by atoms with Gasteiger partial charge in [0.1, 0.15) is 11.7 Å². The number of rotatable bonds is 6. The molecule has 90 valence electrons. The molecular formula is C13H16N2O2. The third kappa shape index (κ3) is 5.03. The highest BCUT2D eigenvalue weighted by molar-refractivity contribution is 5.80. The predicted octanol–water partition coefficient (Wildman–Crippen LogP) is 1.73. The number of carbonyl (C=O) groups excluding carboxylic acids is 1. The molecular weight excluding hydrogens is 216 g/mol. The van der Waals surface area contributed by atoms with E-state index in [0.29, 0.717) is 13.2 Å². The van der Waals surface area contributed by atoms with Gasteiger partial charge in [-0.2, -0.15) is 5.26 Å². The van der Waals surface area contributed by atoms with Crippen LogP contribution in [-0.2, 0) is 4.79 Å². The van der Waals surface area contributed by atoms with Gasteiger partial charge in [0.25, 0.3) is 0 Å². The standard InChI is InChI=1S/C13H16N2O2/c1-11(10-14)13(16)15-8-5-9-17-12-6-3-2-4-7-12/h2-4,6-7,11H,5,8-9H2,1H3,(H,15,16). The number of amides is 1. The van der Waals surface area contributed by atoms with E-state index in [1.807, 2.05) is 36.4 Å². The Morgan fingerprint density at radius 1 is 1.47 bits per heavy atom. The van der Waals surface area contributed by atoms with Crippen LogP contribution in [0.2, 0.25) is 0 Å². The summed E-state index contributed by atoms with van der Waals surface area (Å²) in [7, 11) is 0. The van der Waals surface area contributed by atoms with Gasteiger partial charge in [0.15, 0.2) is 0 Å². The van der Waals surface area contributed by atoms with Crippen LogP contribution >= 0.6 is 0 Å². The Morgan fingerprint density at radius 2 is 2.18 bits per heavy atom. The summed E-state index contributed by atoms with van der Waals surface area (Å²) in [4.78, 5) is 11.2. The van der Waals surface area contributed by atoms with Gasteiger partial charge < -0.3 is 10.1 Å². The lowest BCUT2D eigenvalue weighted by atomic mass is 10.2. The normalized spacial score (nSPS) is 11.3. The van der Waals surface area contributed by atoms with Crippen LogP contribution in [0.3, 0.4) is 0 Å². The average Bonchev–Trinajstić information content (AvgIpc) is 2.38. The number of hydrogen-bond acceptors (Lipinski definition) is 3. The maximum Gasteiger partial charge on any atom is 0.237 e. The molecule has 0 aromatic heterocycles. The second-order valence-electron chi connectivity index (χ2n) is 3.66. The Balaban J connectivity index is 2.10. The Bertz CT molecular complexity index is 384. The van der Waals surface area contributed by atoms with Gasteiger partial charge in [0.2, 0.25) is 5.91 Å². The molecule has 1 aromatic rings. The zero-order chi connectivity index (χ0) is 12.5. The van der Waals surface area contributed by atoms with Gasteiger partial charge in [-0.05, 0) is 25.5 Å². The number of para-hydroxylation sites is 1. The van der Waals surface area contributed by atoms with E-state index in [4.69, 9.17) is 10.00 Å². The van der Waals surface area contributed by atoms with E-state index in [0.717, 1.165) is 12.2 Å². The molecule has 0 aliphatic carbocycles. The van der Waals surface area contributed by atoms with E-state index < -0.39 is 5.92 Å². The molecule has 0 saturated carbocycles. The summed E-state index contributed by atoms with van der Waals surface area (Å²) in [6.07, 6.45) is 0.721. The third-order valence-corrected chi connectivity index (χ3v) is 2.22. The van der Waals surface area contributed by atoms with Gasteiger partial charge in [0.05, 0.1) is 12.7 Å². The minimum absolute atomic E-state index is 0.229. The summed E-state index contributed by atoms with van der Waals surface area (Å²) in [5, 5.41) is 11.2. The predicted molar refractivity (Wildman–Crippen MR) is 64.3 cm³/mol. The molecule has 1 unspecified atom stereocenters. The molecule has 0 aliphatic rings. The summed E-state index contributed by atoms with van der Waals surface area (Å²) < 4.78 is 5.46. The SMILES string of the molecule is CC(C#N)C(=O)NCCCOc1ccccc1. The van der Waals surface area contributed by atoms with E-state index in [-0.39, 0.29) is 5.91 Å². The largest absolute Gasteiger partial charge is 0.494 e. The first-order valence-corrected chi connectivity index (χ1v) is 5.59. The average molecular weight is 232 g/mol. The topological polar surface area (TPSA) is 62.1 Å². The third-order valence-electron chi connectivity index (χ3n) is 2.22. The van der Waals surface area contributed by atoms with Crippen LogP contribution in [0.5, 0.6) is 5.75 Å². The summed E-state index contributed by atoms with van der Waals surface area (Å²) in [6.45, 7) is 2.65. The van der Waals surface area contributed by atoms with E-state index in [9.17, 15) is 4.79 Å². The molecule has 0 heterocycles. The lowest BCUT2D eigenvalue weighted by Gasteiger charge is -2.07. The molecule has 0 fully saturated rings. The zero-order valence-electron chi connectivity index (χ0n) is 9.85. The first-order valence-electron chi connectivity index (χ1n) is 5.59. The first kappa shape index (κ1) is 13.0. The van der Waals surface area contributed by atoms with Crippen LogP contribution in [0.25, 0.3) is 0 Å². The molecule has 0 spiro atoms. The lowest BCUT2D eigenvalue weighted by molar-refractivity contribution is -0.122. The molecule has 0 aliphatic heterocycles. The summed E-state index contributed by atoms with van der Waals surface area (Å²) >= 11 is 0. The van der Waals surface area contributed by atoms with Crippen molar-refractivity contribution in [1.29, 1.82) is 5.26 Å². The Hall–Kier alpha value is -2.02. The van der Waals surface area contributed by atoms with Gasteiger partial charge in [-0.1, -0.05) is 18.2 Å². The van der Waals surface area contributed by atoms with Crippen molar-refractivity contribution in [2.45, 2.75) is 13.3 Å². The van der Waals surface area contributed by atoms with Crippen molar-refractivity contribution in [2.24, 2.45) is 5.92 Å². The fraction of sp³-hybridized carbons (Fsp3) is 0.385. The van der Waals surface area contributed by atoms with E-state index in [2.05, 4.69) is 5.32 Å². The number of nitrogens with zero attached hydrogens (tertiary/aromatic N) is 1. The van der Waals surface area contributed by atoms with Gasteiger partial charge in [-0.15, -0.1) is 0 Å². The number of nitrogens with one attached hydrogen (secondary N) is 1. The van der Waals surface area contributed by atoms with E-state index >= 15 is 0 Å². The number of hydrogen-bond donors (Lipinski definition) is 1. The van der Waals surface area contributed by atoms with Crippen molar-refractivity contribution in [3.63, 3.8) is 0 Å². The van der Waals surface area contributed by atoms with Gasteiger partial charge in [-0.3, -0.25) is 4.79 Å². The molecule has 1 rings (SSSR count). The second kappa shape index (κ2) is 7.29. The summed E-state index contributed by atoms with van der Waals surface area (Å²) in [6, 6.07) is 11.4. The van der Waals surface area contributed by atoms with Crippen molar-refractivity contribution < 1.29 is 9.53 Å². The lowest BCUT2D eigenvalue weighted by Crippen LogP contribution is -2.30. The van der Waals surface area contributed by atoms with Gasteiger partial charge in [-0.25, -0.2) is 0 Å². The monoisotopic (exact) mass is 232 g/mol. The van der Waals surface area contributed by atoms with Crippen molar-refractivity contribution in [3.8, 4) is 11.8 Å². The maximum absolute atomic E-state index is 11.2. The summed E-state index contributed by atoms with van der Waals surface area (Å²) in [5.41, 5.74) is 0. The fourth-order valence-electron chi connectivity index (χ4n) is 1.20. The molecule has 1 amide bonds.